The lowest BCUT2D eigenvalue weighted by Gasteiger charge is -2.34. The maximum atomic E-state index is 5.35. The molecular formula is C60H53N3. The molecule has 1 aromatic heterocycles. The van der Waals surface area contributed by atoms with Crippen LogP contribution >= 0.6 is 0 Å². The molecule has 308 valence electrons. The van der Waals surface area contributed by atoms with Crippen molar-refractivity contribution in [2.75, 3.05) is 4.90 Å². The van der Waals surface area contributed by atoms with E-state index >= 15 is 0 Å². The second kappa shape index (κ2) is 17.2. The van der Waals surface area contributed by atoms with Crippen molar-refractivity contribution in [2.24, 2.45) is 0 Å². The summed E-state index contributed by atoms with van der Waals surface area (Å²) in [7, 11) is 0. The Kier molecular flexibility index (Phi) is 11.2. The van der Waals surface area contributed by atoms with Crippen LogP contribution in [-0.4, -0.2) is 9.97 Å². The van der Waals surface area contributed by atoms with Gasteiger partial charge in [-0.15, -0.1) is 0 Å². The Balaban J connectivity index is 1.40. The largest absolute Gasteiger partial charge is 0.309 e. The van der Waals surface area contributed by atoms with Crippen LogP contribution in [0.5, 0.6) is 0 Å². The van der Waals surface area contributed by atoms with Gasteiger partial charge in [0.25, 0.3) is 0 Å². The highest BCUT2D eigenvalue weighted by atomic mass is 15.2. The molecule has 0 aliphatic rings. The Hall–Kier alpha value is -7.36. The molecule has 9 aromatic rings. The average Bonchev–Trinajstić information content (AvgIpc) is 3.32. The first kappa shape index (κ1) is 41.0. The van der Waals surface area contributed by atoms with Crippen molar-refractivity contribution >= 4 is 17.1 Å². The van der Waals surface area contributed by atoms with Gasteiger partial charge in [0.05, 0.1) is 22.8 Å². The fourth-order valence-electron chi connectivity index (χ4n) is 8.32. The lowest BCUT2D eigenvalue weighted by molar-refractivity contribution is 0.590. The van der Waals surface area contributed by atoms with Gasteiger partial charge < -0.3 is 4.90 Å². The Morgan fingerprint density at radius 2 is 0.714 bits per heavy atom. The molecule has 0 saturated heterocycles. The zero-order valence-electron chi connectivity index (χ0n) is 37.0. The smallest absolute Gasteiger partial charge is 0.160 e. The molecule has 0 atom stereocenters. The third kappa shape index (κ3) is 8.74. The Bertz CT molecular complexity index is 2850. The second-order valence-corrected chi connectivity index (χ2v) is 18.3. The Morgan fingerprint density at radius 3 is 1.13 bits per heavy atom. The van der Waals surface area contributed by atoms with E-state index in [-0.39, 0.29) is 10.8 Å². The molecular weight excluding hydrogens is 763 g/mol. The van der Waals surface area contributed by atoms with Crippen molar-refractivity contribution in [3.05, 3.63) is 223 Å². The minimum Gasteiger partial charge on any atom is -0.309 e. The zero-order valence-corrected chi connectivity index (χ0v) is 37.0. The van der Waals surface area contributed by atoms with Gasteiger partial charge in [-0.25, -0.2) is 9.97 Å². The highest BCUT2D eigenvalue weighted by molar-refractivity contribution is 6.02. The summed E-state index contributed by atoms with van der Waals surface area (Å²) in [6.45, 7) is 13.7. The van der Waals surface area contributed by atoms with E-state index in [0.29, 0.717) is 5.82 Å². The first-order chi connectivity index (χ1) is 30.5. The van der Waals surface area contributed by atoms with Crippen molar-refractivity contribution in [1.82, 2.24) is 9.97 Å². The fourth-order valence-corrected chi connectivity index (χ4v) is 8.32. The zero-order chi connectivity index (χ0) is 43.6. The predicted molar refractivity (Wildman–Crippen MR) is 267 cm³/mol. The van der Waals surface area contributed by atoms with E-state index in [1.54, 1.807) is 0 Å². The number of hydrogen-bond donors (Lipinski definition) is 0. The summed E-state index contributed by atoms with van der Waals surface area (Å²) in [6.07, 6.45) is 0. The SMILES string of the molecule is CC(C)(C)c1ccc(N(c2ccc(C(C)(C)C)cc2-c2ccccc2)c2c(-c3ccccc3)cc(-c3nc(-c4ccccc4)cc(-c4ccccc4)n3)cc2-c2ccccc2)cc1. The van der Waals surface area contributed by atoms with Crippen LogP contribution in [0.15, 0.2) is 212 Å². The lowest BCUT2D eigenvalue weighted by atomic mass is 9.84. The summed E-state index contributed by atoms with van der Waals surface area (Å²) in [5, 5.41) is 0. The maximum Gasteiger partial charge on any atom is 0.160 e. The molecule has 3 heteroatoms. The predicted octanol–water partition coefficient (Wildman–Crippen LogP) is 16.5. The Morgan fingerprint density at radius 1 is 0.333 bits per heavy atom. The standard InChI is InChI=1S/C60H53N3/c1-59(2,3)48-32-35-50(36-33-48)63(56-37-34-49(60(4,5)6)40-51(56)42-22-12-7-13-23-42)57-52(43-24-14-8-15-25-43)38-47(39-53(57)44-26-16-9-17-27-44)58-61-54(45-28-18-10-19-29-45)41-55(62-58)46-30-20-11-21-31-46/h7-41H,1-6H3. The van der Waals surface area contributed by atoms with Crippen molar-refractivity contribution < 1.29 is 0 Å². The van der Waals surface area contributed by atoms with Crippen LogP contribution in [-0.2, 0) is 10.8 Å². The summed E-state index contributed by atoms with van der Waals surface area (Å²) < 4.78 is 0. The van der Waals surface area contributed by atoms with Crippen molar-refractivity contribution in [2.45, 2.75) is 52.4 Å². The van der Waals surface area contributed by atoms with E-state index in [1.807, 2.05) is 12.1 Å². The number of nitrogens with zero attached hydrogens (tertiary/aromatic N) is 3. The van der Waals surface area contributed by atoms with Crippen LogP contribution < -0.4 is 4.90 Å². The molecule has 0 spiro atoms. The molecule has 0 radical (unpaired) electrons. The van der Waals surface area contributed by atoms with Gasteiger partial charge >= 0.3 is 0 Å². The number of hydrogen-bond acceptors (Lipinski definition) is 3. The van der Waals surface area contributed by atoms with E-state index in [1.165, 1.54) is 11.1 Å². The molecule has 0 bridgehead atoms. The third-order valence-corrected chi connectivity index (χ3v) is 11.8. The van der Waals surface area contributed by atoms with Crippen LogP contribution in [0.3, 0.4) is 0 Å². The highest BCUT2D eigenvalue weighted by Crippen LogP contribution is 2.51. The number of benzene rings is 8. The lowest BCUT2D eigenvalue weighted by Crippen LogP contribution is -2.17. The molecule has 1 heterocycles. The molecule has 63 heavy (non-hydrogen) atoms. The number of anilines is 3. The van der Waals surface area contributed by atoms with Crippen molar-refractivity contribution in [3.63, 3.8) is 0 Å². The van der Waals surface area contributed by atoms with Crippen LogP contribution in [0.2, 0.25) is 0 Å². The van der Waals surface area contributed by atoms with Crippen molar-refractivity contribution in [3.8, 4) is 67.3 Å². The molecule has 0 saturated carbocycles. The normalized spacial score (nSPS) is 11.7. The van der Waals surface area contributed by atoms with E-state index in [0.717, 1.165) is 78.5 Å². The third-order valence-electron chi connectivity index (χ3n) is 11.8. The summed E-state index contributed by atoms with van der Waals surface area (Å²) in [5.41, 5.74) is 17.1. The molecule has 9 rings (SSSR count). The van der Waals surface area contributed by atoms with Gasteiger partial charge in [-0.1, -0.05) is 211 Å². The summed E-state index contributed by atoms with van der Waals surface area (Å²) >= 11 is 0. The van der Waals surface area contributed by atoms with Crippen LogP contribution in [0.1, 0.15) is 52.7 Å². The average molecular weight is 816 g/mol. The molecule has 8 aromatic carbocycles. The van der Waals surface area contributed by atoms with E-state index < -0.39 is 0 Å². The number of aromatic nitrogens is 2. The quantitative estimate of drug-likeness (QED) is 0.145. The van der Waals surface area contributed by atoms with Gasteiger partial charge in [-0.2, -0.15) is 0 Å². The molecule has 0 aliphatic heterocycles. The van der Waals surface area contributed by atoms with E-state index in [9.17, 15) is 0 Å². The summed E-state index contributed by atoms with van der Waals surface area (Å²) in [5.74, 6) is 0.664. The topological polar surface area (TPSA) is 29.0 Å². The maximum absolute atomic E-state index is 5.35. The fraction of sp³-hybridized carbons (Fsp3) is 0.133. The second-order valence-electron chi connectivity index (χ2n) is 18.3. The molecule has 0 fully saturated rings. The summed E-state index contributed by atoms with van der Waals surface area (Å²) in [6, 6.07) is 76.1. The van der Waals surface area contributed by atoms with Gasteiger partial charge in [0, 0.05) is 39.1 Å². The summed E-state index contributed by atoms with van der Waals surface area (Å²) in [4.78, 5) is 13.2. The first-order valence-corrected chi connectivity index (χ1v) is 21.9. The monoisotopic (exact) mass is 815 g/mol. The molecule has 0 unspecified atom stereocenters. The van der Waals surface area contributed by atoms with Gasteiger partial charge in [0.1, 0.15) is 0 Å². The van der Waals surface area contributed by atoms with Crippen LogP contribution in [0.25, 0.3) is 67.3 Å². The van der Waals surface area contributed by atoms with E-state index in [4.69, 9.17) is 9.97 Å². The molecule has 0 amide bonds. The molecule has 3 nitrogen and oxygen atoms in total. The molecule has 0 aliphatic carbocycles. The van der Waals surface area contributed by atoms with Gasteiger partial charge in [-0.05, 0) is 81.1 Å². The molecule has 0 N–H and O–H groups in total. The Labute approximate surface area is 373 Å². The highest BCUT2D eigenvalue weighted by Gasteiger charge is 2.28. The minimum atomic E-state index is -0.0554. The van der Waals surface area contributed by atoms with Gasteiger partial charge in [0.15, 0.2) is 5.82 Å². The van der Waals surface area contributed by atoms with Crippen LogP contribution in [0.4, 0.5) is 17.1 Å². The van der Waals surface area contributed by atoms with Crippen LogP contribution in [0, 0.1) is 0 Å². The van der Waals surface area contributed by atoms with Crippen molar-refractivity contribution in [1.29, 1.82) is 0 Å². The van der Waals surface area contributed by atoms with E-state index in [2.05, 4.69) is 247 Å². The van der Waals surface area contributed by atoms with Gasteiger partial charge in [0.2, 0.25) is 0 Å². The number of rotatable bonds is 9. The minimum absolute atomic E-state index is 0.00808. The first-order valence-electron chi connectivity index (χ1n) is 21.9. The van der Waals surface area contributed by atoms with Gasteiger partial charge in [-0.3, -0.25) is 0 Å².